The van der Waals surface area contributed by atoms with Gasteiger partial charge in [-0.1, -0.05) is 31.9 Å². The van der Waals surface area contributed by atoms with Crippen LogP contribution in [0.2, 0.25) is 5.02 Å². The number of rotatable bonds is 7. The van der Waals surface area contributed by atoms with Gasteiger partial charge in [-0.15, -0.1) is 0 Å². The van der Waals surface area contributed by atoms with E-state index >= 15 is 0 Å². The van der Waals surface area contributed by atoms with E-state index in [1.165, 1.54) is 0 Å². The van der Waals surface area contributed by atoms with Gasteiger partial charge in [0.2, 0.25) is 5.91 Å². The van der Waals surface area contributed by atoms with Gasteiger partial charge in [-0.2, -0.15) is 5.10 Å². The lowest BCUT2D eigenvalue weighted by molar-refractivity contribution is -0.123. The Bertz CT molecular complexity index is 646. The zero-order valence-electron chi connectivity index (χ0n) is 13.9. The topological polar surface area (TPSA) is 79.8 Å². The SMILES string of the molecule is CCCCNC(=O)COc1ccc(C2=NNC(=O)CC2C)cc1Cl. The number of ether oxygens (including phenoxy) is 1. The van der Waals surface area contributed by atoms with Gasteiger partial charge in [0, 0.05) is 18.9 Å². The summed E-state index contributed by atoms with van der Waals surface area (Å²) in [5.41, 5.74) is 4.09. The average molecular weight is 352 g/mol. The van der Waals surface area contributed by atoms with Gasteiger partial charge in [-0.25, -0.2) is 5.43 Å². The minimum atomic E-state index is -0.170. The fraction of sp³-hybridized carbons (Fsp3) is 0.471. The van der Waals surface area contributed by atoms with Crippen LogP contribution in [0.25, 0.3) is 0 Å². The van der Waals surface area contributed by atoms with Gasteiger partial charge < -0.3 is 10.1 Å². The Hall–Kier alpha value is -2.08. The summed E-state index contributed by atoms with van der Waals surface area (Å²) >= 11 is 6.24. The van der Waals surface area contributed by atoms with Crippen molar-refractivity contribution in [2.24, 2.45) is 11.0 Å². The number of hydrogen-bond donors (Lipinski definition) is 2. The van der Waals surface area contributed by atoms with Crippen LogP contribution in [0, 0.1) is 5.92 Å². The maximum atomic E-state index is 11.7. The normalized spacial score (nSPS) is 17.0. The first kappa shape index (κ1) is 18.3. The highest BCUT2D eigenvalue weighted by molar-refractivity contribution is 6.32. The lowest BCUT2D eigenvalue weighted by atomic mass is 9.94. The van der Waals surface area contributed by atoms with Gasteiger partial charge in [0.15, 0.2) is 6.61 Å². The lowest BCUT2D eigenvalue weighted by Crippen LogP contribution is -2.32. The zero-order chi connectivity index (χ0) is 17.5. The Morgan fingerprint density at radius 1 is 1.50 bits per heavy atom. The van der Waals surface area contributed by atoms with Crippen LogP contribution >= 0.6 is 11.6 Å². The molecule has 2 N–H and O–H groups in total. The molecule has 0 bridgehead atoms. The fourth-order valence-electron chi connectivity index (χ4n) is 2.38. The molecule has 24 heavy (non-hydrogen) atoms. The summed E-state index contributed by atoms with van der Waals surface area (Å²) in [6.45, 7) is 4.58. The largest absolute Gasteiger partial charge is 0.482 e. The molecule has 1 atom stereocenters. The van der Waals surface area contributed by atoms with E-state index in [-0.39, 0.29) is 24.3 Å². The van der Waals surface area contributed by atoms with Crippen LogP contribution in [0.5, 0.6) is 5.75 Å². The van der Waals surface area contributed by atoms with Gasteiger partial charge in [-0.05, 0) is 30.2 Å². The number of amides is 2. The third kappa shape index (κ3) is 4.96. The number of benzene rings is 1. The van der Waals surface area contributed by atoms with Crippen LogP contribution in [0.15, 0.2) is 23.3 Å². The van der Waals surface area contributed by atoms with Crippen molar-refractivity contribution in [1.82, 2.24) is 10.7 Å². The van der Waals surface area contributed by atoms with Crippen molar-refractivity contribution in [2.75, 3.05) is 13.2 Å². The Kier molecular flexibility index (Phi) is 6.61. The number of carbonyl (C=O) groups is 2. The fourth-order valence-corrected chi connectivity index (χ4v) is 2.61. The minimum Gasteiger partial charge on any atom is -0.482 e. The minimum absolute atomic E-state index is 0.0194. The van der Waals surface area contributed by atoms with Gasteiger partial charge in [0.05, 0.1) is 10.7 Å². The zero-order valence-corrected chi connectivity index (χ0v) is 14.7. The molecule has 0 saturated heterocycles. The molecule has 1 aliphatic rings. The second-order valence-electron chi connectivity index (χ2n) is 5.77. The molecule has 0 radical (unpaired) electrons. The summed E-state index contributed by atoms with van der Waals surface area (Å²) in [7, 11) is 0. The van der Waals surface area contributed by atoms with Crippen LogP contribution in [-0.4, -0.2) is 30.7 Å². The number of hydrazone groups is 1. The lowest BCUT2D eigenvalue weighted by Gasteiger charge is -2.19. The third-order valence-electron chi connectivity index (χ3n) is 3.70. The van der Waals surface area contributed by atoms with E-state index in [4.69, 9.17) is 16.3 Å². The van der Waals surface area contributed by atoms with E-state index in [1.54, 1.807) is 12.1 Å². The Balaban J connectivity index is 1.97. The summed E-state index contributed by atoms with van der Waals surface area (Å²) in [6.07, 6.45) is 2.36. The number of hydrogen-bond acceptors (Lipinski definition) is 4. The highest BCUT2D eigenvalue weighted by atomic mass is 35.5. The molecule has 1 aromatic rings. The molecule has 2 rings (SSSR count). The quantitative estimate of drug-likeness (QED) is 0.741. The standard InChI is InChI=1S/C17H22ClN3O3/c1-3-4-7-19-16(23)10-24-14-6-5-12(9-13(14)18)17-11(2)8-15(22)20-21-17/h5-6,9,11H,3-4,7-8,10H2,1-2H3,(H,19,23)(H,20,22). The van der Waals surface area contributed by atoms with Crippen LogP contribution in [-0.2, 0) is 9.59 Å². The molecule has 2 amide bonds. The molecule has 130 valence electrons. The Morgan fingerprint density at radius 2 is 2.29 bits per heavy atom. The highest BCUT2D eigenvalue weighted by Crippen LogP contribution is 2.27. The molecule has 0 fully saturated rings. The van der Waals surface area contributed by atoms with Crippen molar-refractivity contribution in [3.63, 3.8) is 0 Å². The van der Waals surface area contributed by atoms with Crippen molar-refractivity contribution in [3.05, 3.63) is 28.8 Å². The number of nitrogens with one attached hydrogen (secondary N) is 2. The van der Waals surface area contributed by atoms with Crippen LogP contribution in [0.3, 0.4) is 0 Å². The highest BCUT2D eigenvalue weighted by Gasteiger charge is 2.22. The van der Waals surface area contributed by atoms with E-state index in [0.717, 1.165) is 24.1 Å². The van der Waals surface area contributed by atoms with Crippen molar-refractivity contribution in [2.45, 2.75) is 33.1 Å². The molecule has 0 aromatic heterocycles. The van der Waals surface area contributed by atoms with Crippen LogP contribution < -0.4 is 15.5 Å². The van der Waals surface area contributed by atoms with E-state index in [1.807, 2.05) is 13.0 Å². The number of carbonyl (C=O) groups excluding carboxylic acids is 2. The van der Waals surface area contributed by atoms with E-state index < -0.39 is 0 Å². The maximum absolute atomic E-state index is 11.7. The summed E-state index contributed by atoms with van der Waals surface area (Å²) in [4.78, 5) is 23.0. The van der Waals surface area contributed by atoms with E-state index in [9.17, 15) is 9.59 Å². The number of halogens is 1. The molecule has 1 heterocycles. The van der Waals surface area contributed by atoms with Crippen molar-refractivity contribution >= 4 is 29.1 Å². The van der Waals surface area contributed by atoms with E-state index in [2.05, 4.69) is 22.8 Å². The first-order valence-corrected chi connectivity index (χ1v) is 8.45. The van der Waals surface area contributed by atoms with E-state index in [0.29, 0.717) is 23.7 Å². The second kappa shape index (κ2) is 8.68. The summed E-state index contributed by atoms with van der Waals surface area (Å²) in [5.74, 6) is 0.202. The molecule has 1 aliphatic heterocycles. The molecule has 7 heteroatoms. The molecule has 0 spiro atoms. The molecular formula is C17H22ClN3O3. The van der Waals surface area contributed by atoms with Gasteiger partial charge in [0.25, 0.3) is 5.91 Å². The van der Waals surface area contributed by atoms with Crippen molar-refractivity contribution in [1.29, 1.82) is 0 Å². The van der Waals surface area contributed by atoms with Crippen LogP contribution in [0.1, 0.15) is 38.7 Å². The average Bonchev–Trinajstić information content (AvgIpc) is 2.54. The number of nitrogens with zero attached hydrogens (tertiary/aromatic N) is 1. The monoisotopic (exact) mass is 351 g/mol. The molecule has 0 saturated carbocycles. The maximum Gasteiger partial charge on any atom is 0.257 e. The predicted molar refractivity (Wildman–Crippen MR) is 93.3 cm³/mol. The van der Waals surface area contributed by atoms with Gasteiger partial charge in [0.1, 0.15) is 5.75 Å². The van der Waals surface area contributed by atoms with Gasteiger partial charge >= 0.3 is 0 Å². The summed E-state index contributed by atoms with van der Waals surface area (Å²) < 4.78 is 5.46. The third-order valence-corrected chi connectivity index (χ3v) is 3.99. The first-order valence-electron chi connectivity index (χ1n) is 8.07. The predicted octanol–water partition coefficient (Wildman–Crippen LogP) is 2.50. The molecular weight excluding hydrogens is 330 g/mol. The molecule has 6 nitrogen and oxygen atoms in total. The van der Waals surface area contributed by atoms with Crippen molar-refractivity contribution in [3.8, 4) is 5.75 Å². The summed E-state index contributed by atoms with van der Waals surface area (Å²) in [5, 5.41) is 7.29. The first-order chi connectivity index (χ1) is 11.5. The molecule has 0 aliphatic carbocycles. The summed E-state index contributed by atoms with van der Waals surface area (Å²) in [6, 6.07) is 5.27. The molecule has 1 aromatic carbocycles. The Labute approximate surface area is 146 Å². The molecule has 1 unspecified atom stereocenters. The van der Waals surface area contributed by atoms with Crippen molar-refractivity contribution < 1.29 is 14.3 Å². The second-order valence-corrected chi connectivity index (χ2v) is 6.18. The number of unbranched alkanes of at least 4 members (excludes halogenated alkanes) is 1. The van der Waals surface area contributed by atoms with Crippen LogP contribution in [0.4, 0.5) is 0 Å². The van der Waals surface area contributed by atoms with Gasteiger partial charge in [-0.3, -0.25) is 9.59 Å². The smallest absolute Gasteiger partial charge is 0.257 e. The Morgan fingerprint density at radius 3 is 2.96 bits per heavy atom.